The number of hydrogen-bond acceptors (Lipinski definition) is 7. The average Bonchev–Trinajstić information content (AvgIpc) is 3.32. The van der Waals surface area contributed by atoms with Gasteiger partial charge in [0.05, 0.1) is 24.3 Å². The molecule has 0 radical (unpaired) electrons. The van der Waals surface area contributed by atoms with Crippen molar-refractivity contribution in [1.82, 2.24) is 19.9 Å². The van der Waals surface area contributed by atoms with Gasteiger partial charge in [0.15, 0.2) is 5.69 Å². The molecule has 4 heterocycles. The Hall–Kier alpha value is -3.93. The third-order valence-corrected chi connectivity index (χ3v) is 7.20. The Morgan fingerprint density at radius 2 is 1.73 bits per heavy atom. The van der Waals surface area contributed by atoms with Crippen LogP contribution in [0.15, 0.2) is 48.9 Å². The number of nitrogens with zero attached hydrogens (tertiary/aromatic N) is 5. The fourth-order valence-electron chi connectivity index (χ4n) is 4.98. The molecule has 0 unspecified atom stereocenters. The lowest BCUT2D eigenvalue weighted by atomic mass is 9.87. The molecule has 9 nitrogen and oxygen atoms in total. The number of pyridine rings is 1. The number of ether oxygens (including phenoxy) is 1. The molecule has 3 aromatic rings. The van der Waals surface area contributed by atoms with Crippen LogP contribution in [-0.4, -0.2) is 69.9 Å². The lowest BCUT2D eigenvalue weighted by Gasteiger charge is -2.39. The summed E-state index contributed by atoms with van der Waals surface area (Å²) < 4.78 is 44.7. The summed E-state index contributed by atoms with van der Waals surface area (Å²) in [6.45, 7) is 6.38. The predicted octanol–water partition coefficient (Wildman–Crippen LogP) is 5.01. The molecule has 0 atom stereocenters. The number of urea groups is 1. The summed E-state index contributed by atoms with van der Waals surface area (Å²) in [7, 11) is 1.00. The minimum Gasteiger partial charge on any atom is -0.485 e. The maximum atomic E-state index is 12.8. The highest BCUT2D eigenvalue weighted by Gasteiger charge is 2.43. The van der Waals surface area contributed by atoms with Crippen LogP contribution >= 0.6 is 0 Å². The van der Waals surface area contributed by atoms with Gasteiger partial charge in [-0.2, -0.15) is 13.2 Å². The molecule has 2 aliphatic rings. The molecule has 2 amide bonds. The van der Waals surface area contributed by atoms with Crippen LogP contribution < -0.4 is 15.0 Å². The Morgan fingerprint density at radius 1 is 1.05 bits per heavy atom. The van der Waals surface area contributed by atoms with Crippen molar-refractivity contribution in [3.05, 3.63) is 60.2 Å². The number of benzene rings is 1. The van der Waals surface area contributed by atoms with Crippen LogP contribution in [0.3, 0.4) is 0 Å². The van der Waals surface area contributed by atoms with E-state index in [1.54, 1.807) is 11.1 Å². The van der Waals surface area contributed by atoms with Crippen LogP contribution in [0.4, 0.5) is 29.5 Å². The van der Waals surface area contributed by atoms with E-state index in [0.717, 1.165) is 48.0 Å². The zero-order chi connectivity index (χ0) is 28.9. The lowest BCUT2D eigenvalue weighted by Crippen LogP contribution is -2.47. The first-order chi connectivity index (χ1) is 19.2. The SMILES string of the molecule is CCN(CC)C(=O)Nc1ccc(-c2cc3c(cn2)OC2(CCN(c4cnc(C(F)(F)F)cn4)CC2)C3)cc1.CO. The van der Waals surface area contributed by atoms with Crippen molar-refractivity contribution in [1.29, 1.82) is 0 Å². The molecule has 0 aliphatic carbocycles. The number of aliphatic hydroxyl groups is 1. The standard InChI is InChI=1S/C27H29F3N6O2.CH4O/c1-3-35(4-2)25(37)34-20-7-5-18(6-8-20)21-13-19-14-26(38-22(19)15-31-21)9-11-36(12-10-26)24-17-32-23(16-33-24)27(28,29)30;1-2/h5-8,13,15-17H,3-4,9-12,14H2,1-2H3,(H,34,37);2H,1H3. The van der Waals surface area contributed by atoms with Gasteiger partial charge in [-0.25, -0.2) is 14.8 Å². The van der Waals surface area contributed by atoms with Gasteiger partial charge in [0, 0.05) is 69.4 Å². The molecule has 214 valence electrons. The third kappa shape index (κ3) is 6.27. The summed E-state index contributed by atoms with van der Waals surface area (Å²) in [4.78, 5) is 28.0. The van der Waals surface area contributed by atoms with E-state index in [1.165, 1.54) is 6.20 Å². The number of aromatic nitrogens is 3. The van der Waals surface area contributed by atoms with Crippen molar-refractivity contribution < 1.29 is 27.8 Å². The molecule has 0 bridgehead atoms. The average molecular weight is 559 g/mol. The van der Waals surface area contributed by atoms with Gasteiger partial charge in [-0.3, -0.25) is 4.98 Å². The van der Waals surface area contributed by atoms with Crippen molar-refractivity contribution in [2.24, 2.45) is 0 Å². The first-order valence-corrected chi connectivity index (χ1v) is 13.1. The Kier molecular flexibility index (Phi) is 8.77. The van der Waals surface area contributed by atoms with E-state index in [0.29, 0.717) is 44.8 Å². The van der Waals surface area contributed by atoms with Crippen molar-refractivity contribution >= 4 is 17.5 Å². The maximum Gasteiger partial charge on any atom is 0.434 e. The van der Waals surface area contributed by atoms with Crippen LogP contribution in [0.25, 0.3) is 11.3 Å². The molecule has 5 rings (SSSR count). The van der Waals surface area contributed by atoms with Crippen LogP contribution in [0.5, 0.6) is 5.75 Å². The van der Waals surface area contributed by atoms with E-state index >= 15 is 0 Å². The van der Waals surface area contributed by atoms with Gasteiger partial charge in [0.2, 0.25) is 0 Å². The molecule has 2 aromatic heterocycles. The van der Waals surface area contributed by atoms with Gasteiger partial charge >= 0.3 is 12.2 Å². The van der Waals surface area contributed by atoms with E-state index in [4.69, 9.17) is 9.84 Å². The van der Waals surface area contributed by atoms with E-state index in [1.807, 2.05) is 49.1 Å². The summed E-state index contributed by atoms with van der Waals surface area (Å²) in [6.07, 6.45) is 1.37. The molecule has 12 heteroatoms. The molecule has 1 spiro atoms. The van der Waals surface area contributed by atoms with Gasteiger partial charge in [0.1, 0.15) is 17.2 Å². The van der Waals surface area contributed by atoms with Crippen molar-refractivity contribution in [3.8, 4) is 17.0 Å². The first-order valence-electron chi connectivity index (χ1n) is 13.1. The van der Waals surface area contributed by atoms with Gasteiger partial charge in [0.25, 0.3) is 0 Å². The zero-order valence-electron chi connectivity index (χ0n) is 22.7. The number of carbonyl (C=O) groups is 1. The van der Waals surface area contributed by atoms with Crippen molar-refractivity contribution in [2.75, 3.05) is 43.5 Å². The summed E-state index contributed by atoms with van der Waals surface area (Å²) in [5, 5.41) is 9.91. The number of amides is 2. The quantitative estimate of drug-likeness (QED) is 0.454. The fraction of sp³-hybridized carbons (Fsp3) is 0.429. The molecule has 1 aromatic carbocycles. The predicted molar refractivity (Wildman–Crippen MR) is 145 cm³/mol. The highest BCUT2D eigenvalue weighted by Crippen LogP contribution is 2.42. The second-order valence-electron chi connectivity index (χ2n) is 9.56. The number of nitrogens with one attached hydrogen (secondary N) is 1. The summed E-state index contributed by atoms with van der Waals surface area (Å²) in [5.41, 5.74) is 2.20. The summed E-state index contributed by atoms with van der Waals surface area (Å²) in [6, 6.07) is 9.51. The monoisotopic (exact) mass is 558 g/mol. The Bertz CT molecular complexity index is 1290. The van der Waals surface area contributed by atoms with E-state index < -0.39 is 11.9 Å². The topological polar surface area (TPSA) is 104 Å². The highest BCUT2D eigenvalue weighted by molar-refractivity contribution is 5.89. The number of aliphatic hydroxyl groups excluding tert-OH is 1. The molecule has 2 N–H and O–H groups in total. The third-order valence-electron chi connectivity index (χ3n) is 7.20. The first kappa shape index (κ1) is 29.1. The normalized spacial score (nSPS) is 15.5. The number of anilines is 2. The lowest BCUT2D eigenvalue weighted by molar-refractivity contribution is -0.141. The maximum absolute atomic E-state index is 12.8. The Labute approximate surface area is 231 Å². The molecule has 1 fully saturated rings. The molecular weight excluding hydrogens is 525 g/mol. The largest absolute Gasteiger partial charge is 0.485 e. The second-order valence-corrected chi connectivity index (χ2v) is 9.56. The molecule has 1 saturated heterocycles. The van der Waals surface area contributed by atoms with E-state index in [9.17, 15) is 18.0 Å². The Balaban J connectivity index is 0.00000181. The summed E-state index contributed by atoms with van der Waals surface area (Å²) >= 11 is 0. The highest BCUT2D eigenvalue weighted by atomic mass is 19.4. The number of carbonyl (C=O) groups excluding carboxylic acids is 1. The van der Waals surface area contributed by atoms with Crippen molar-refractivity contribution in [3.63, 3.8) is 0 Å². The number of halogens is 3. The Morgan fingerprint density at radius 3 is 2.30 bits per heavy atom. The number of rotatable bonds is 5. The molecule has 40 heavy (non-hydrogen) atoms. The van der Waals surface area contributed by atoms with Gasteiger partial charge in [-0.15, -0.1) is 0 Å². The van der Waals surface area contributed by atoms with Crippen LogP contribution in [0.1, 0.15) is 37.9 Å². The van der Waals surface area contributed by atoms with Crippen molar-refractivity contribution in [2.45, 2.75) is 44.9 Å². The number of piperidine rings is 1. The van der Waals surface area contributed by atoms with Crippen LogP contribution in [-0.2, 0) is 12.6 Å². The number of fused-ring (bicyclic) bond motifs is 1. The van der Waals surface area contributed by atoms with E-state index in [-0.39, 0.29) is 11.6 Å². The summed E-state index contributed by atoms with van der Waals surface area (Å²) in [5.74, 6) is 1.20. The number of alkyl halides is 3. The van der Waals surface area contributed by atoms with Crippen LogP contribution in [0, 0.1) is 0 Å². The fourth-order valence-corrected chi connectivity index (χ4v) is 4.98. The smallest absolute Gasteiger partial charge is 0.434 e. The van der Waals surface area contributed by atoms with Gasteiger partial charge in [-0.05, 0) is 32.0 Å². The second kappa shape index (κ2) is 12.1. The zero-order valence-corrected chi connectivity index (χ0v) is 22.7. The minimum atomic E-state index is -4.50. The van der Waals surface area contributed by atoms with Crippen LogP contribution in [0.2, 0.25) is 0 Å². The molecular formula is C28H33F3N6O3. The molecule has 2 aliphatic heterocycles. The minimum absolute atomic E-state index is 0.128. The van der Waals surface area contributed by atoms with Gasteiger partial charge < -0.3 is 25.0 Å². The van der Waals surface area contributed by atoms with E-state index in [2.05, 4.69) is 20.3 Å². The number of hydrogen-bond donors (Lipinski definition) is 2. The van der Waals surface area contributed by atoms with Gasteiger partial charge in [-0.1, -0.05) is 12.1 Å². The molecule has 0 saturated carbocycles.